The Morgan fingerprint density at radius 3 is 1.90 bits per heavy atom. The first-order valence-electron chi connectivity index (χ1n) is 11.5. The van der Waals surface area contributed by atoms with E-state index in [4.69, 9.17) is 4.74 Å². The maximum atomic E-state index is 11.8. The molecule has 0 heterocycles. The second kappa shape index (κ2) is 15.7. The van der Waals surface area contributed by atoms with Gasteiger partial charge in [-0.3, -0.25) is 0 Å². The second-order valence-electron chi connectivity index (χ2n) is 8.31. The maximum absolute atomic E-state index is 11.8. The monoisotopic (exact) mass is 448 g/mol. The molecule has 0 aliphatic carbocycles. The minimum Gasteiger partial charge on any atom is -0.745 e. The molecule has 6 heteroatoms. The Labute approximate surface area is 207 Å². The molecular weight excluding hydrogens is 407 g/mol. The van der Waals surface area contributed by atoms with E-state index in [1.54, 1.807) is 6.92 Å². The van der Waals surface area contributed by atoms with E-state index in [2.05, 4.69) is 26.0 Å². The van der Waals surface area contributed by atoms with E-state index < -0.39 is 15.1 Å². The van der Waals surface area contributed by atoms with Gasteiger partial charge in [-0.15, -0.1) is 0 Å². The van der Waals surface area contributed by atoms with Crippen LogP contribution in [0.4, 0.5) is 0 Å². The van der Waals surface area contributed by atoms with E-state index in [1.807, 2.05) is 6.07 Å². The van der Waals surface area contributed by atoms with Crippen LogP contribution in [0.15, 0.2) is 18.2 Å². The molecular formula is C24H41NaO4S. The van der Waals surface area contributed by atoms with Gasteiger partial charge in [-0.05, 0) is 56.2 Å². The van der Waals surface area contributed by atoms with Gasteiger partial charge < -0.3 is 9.29 Å². The molecule has 1 unspecified atom stereocenters. The molecule has 1 atom stereocenters. The summed E-state index contributed by atoms with van der Waals surface area (Å²) in [5.74, 6) is 0.565. The van der Waals surface area contributed by atoms with Crippen LogP contribution in [0.25, 0.3) is 0 Å². The minimum absolute atomic E-state index is 0. The Kier molecular flexibility index (Phi) is 15.6. The Morgan fingerprint density at radius 2 is 1.40 bits per heavy atom. The smallest absolute Gasteiger partial charge is 0.745 e. The number of benzene rings is 1. The zero-order valence-electron chi connectivity index (χ0n) is 20.0. The van der Waals surface area contributed by atoms with Gasteiger partial charge in [0.1, 0.15) is 15.9 Å². The van der Waals surface area contributed by atoms with Crippen LogP contribution in [0.2, 0.25) is 0 Å². The third kappa shape index (κ3) is 10.5. The zero-order valence-corrected chi connectivity index (χ0v) is 22.8. The number of unbranched alkanes of at least 4 members (excludes halogenated alkanes) is 8. The molecule has 1 aromatic rings. The number of hydrogen-bond acceptors (Lipinski definition) is 4. The van der Waals surface area contributed by atoms with Crippen molar-refractivity contribution in [3.8, 4) is 5.75 Å². The van der Waals surface area contributed by atoms with Crippen LogP contribution in [0.1, 0.15) is 109 Å². The quantitative estimate of drug-likeness (QED) is 0.219. The molecule has 0 saturated carbocycles. The van der Waals surface area contributed by atoms with Crippen molar-refractivity contribution < 1.29 is 47.3 Å². The molecule has 1 aromatic carbocycles. The molecule has 0 radical (unpaired) electrons. The Morgan fingerprint density at radius 1 is 0.867 bits per heavy atom. The first kappa shape index (κ1) is 29.9. The van der Waals surface area contributed by atoms with Crippen molar-refractivity contribution in [2.75, 3.05) is 0 Å². The zero-order chi connectivity index (χ0) is 21.8. The van der Waals surface area contributed by atoms with Crippen molar-refractivity contribution in [2.45, 2.75) is 116 Å². The number of aryl methyl sites for hydroxylation is 2. The van der Waals surface area contributed by atoms with Crippen molar-refractivity contribution in [1.82, 2.24) is 0 Å². The molecule has 0 N–H and O–H groups in total. The third-order valence-corrected chi connectivity index (χ3v) is 7.18. The van der Waals surface area contributed by atoms with E-state index in [0.717, 1.165) is 43.2 Å². The van der Waals surface area contributed by atoms with Crippen LogP contribution in [0.5, 0.6) is 5.75 Å². The molecule has 0 aliphatic rings. The molecule has 0 aromatic heterocycles. The van der Waals surface area contributed by atoms with E-state index in [0.29, 0.717) is 5.75 Å². The largest absolute Gasteiger partial charge is 1.00 e. The summed E-state index contributed by atoms with van der Waals surface area (Å²) in [6, 6.07) is 6.15. The van der Waals surface area contributed by atoms with Crippen molar-refractivity contribution in [2.24, 2.45) is 0 Å². The SMILES string of the molecule is CCCCCCCc1ccc(CCCCCCC)c(OC(C)(CC)S(=O)(=O)[O-])c1.[Na+]. The average molecular weight is 449 g/mol. The van der Waals surface area contributed by atoms with E-state index in [1.165, 1.54) is 51.9 Å². The van der Waals surface area contributed by atoms with E-state index in [-0.39, 0.29) is 36.0 Å². The van der Waals surface area contributed by atoms with Crippen molar-refractivity contribution in [3.63, 3.8) is 0 Å². The summed E-state index contributed by atoms with van der Waals surface area (Å²) in [4.78, 5) is -1.73. The third-order valence-electron chi connectivity index (χ3n) is 5.75. The topological polar surface area (TPSA) is 66.4 Å². The second-order valence-corrected chi connectivity index (χ2v) is 10.1. The molecule has 1 rings (SSSR count). The molecule has 4 nitrogen and oxygen atoms in total. The summed E-state index contributed by atoms with van der Waals surface area (Å²) in [6.07, 6.45) is 13.8. The summed E-state index contributed by atoms with van der Waals surface area (Å²) in [5, 5.41) is 0. The van der Waals surface area contributed by atoms with Crippen molar-refractivity contribution in [1.29, 1.82) is 0 Å². The van der Waals surface area contributed by atoms with Gasteiger partial charge in [0.05, 0.1) is 0 Å². The molecule has 0 spiro atoms. The summed E-state index contributed by atoms with van der Waals surface area (Å²) >= 11 is 0. The van der Waals surface area contributed by atoms with Crippen LogP contribution in [-0.4, -0.2) is 17.9 Å². The van der Waals surface area contributed by atoms with Gasteiger partial charge in [0.2, 0.25) is 0 Å². The van der Waals surface area contributed by atoms with E-state index >= 15 is 0 Å². The summed E-state index contributed by atoms with van der Waals surface area (Å²) < 4.78 is 41.3. The summed E-state index contributed by atoms with van der Waals surface area (Å²) in [7, 11) is -4.57. The Balaban J connectivity index is 0.00000841. The molecule has 0 fully saturated rings. The Hall–Kier alpha value is -0.0700. The average Bonchev–Trinajstić information content (AvgIpc) is 2.68. The van der Waals surface area contributed by atoms with Gasteiger partial charge in [-0.1, -0.05) is 84.3 Å². The molecule has 30 heavy (non-hydrogen) atoms. The fourth-order valence-corrected chi connectivity index (χ4v) is 3.99. The molecule has 0 saturated heterocycles. The normalized spacial score (nSPS) is 13.5. The number of rotatable bonds is 16. The van der Waals surface area contributed by atoms with Crippen molar-refractivity contribution in [3.05, 3.63) is 29.3 Å². The molecule has 0 aliphatic heterocycles. The fourth-order valence-electron chi connectivity index (χ4n) is 3.44. The van der Waals surface area contributed by atoms with Gasteiger partial charge in [-0.25, -0.2) is 8.42 Å². The first-order valence-corrected chi connectivity index (χ1v) is 12.9. The summed E-state index contributed by atoms with van der Waals surface area (Å²) in [6.45, 7) is 7.47. The maximum Gasteiger partial charge on any atom is 1.00 e. The van der Waals surface area contributed by atoms with Gasteiger partial charge in [0.25, 0.3) is 0 Å². The Bertz CT molecular complexity index is 690. The first-order chi connectivity index (χ1) is 13.8. The van der Waals surface area contributed by atoms with Crippen LogP contribution in [0.3, 0.4) is 0 Å². The number of ether oxygens (including phenoxy) is 1. The van der Waals surface area contributed by atoms with Gasteiger partial charge in [0, 0.05) is 0 Å². The van der Waals surface area contributed by atoms with Crippen LogP contribution < -0.4 is 34.3 Å². The van der Waals surface area contributed by atoms with Crippen molar-refractivity contribution >= 4 is 10.1 Å². The van der Waals surface area contributed by atoms with Gasteiger partial charge >= 0.3 is 29.6 Å². The molecule has 0 bridgehead atoms. The van der Waals surface area contributed by atoms with Gasteiger partial charge in [-0.2, -0.15) is 0 Å². The molecule has 168 valence electrons. The van der Waals surface area contributed by atoms with Crippen LogP contribution >= 0.6 is 0 Å². The predicted molar refractivity (Wildman–Crippen MR) is 120 cm³/mol. The minimum atomic E-state index is -4.57. The predicted octanol–water partition coefficient (Wildman–Crippen LogP) is 3.77. The van der Waals surface area contributed by atoms with Crippen LogP contribution in [-0.2, 0) is 23.0 Å². The molecule has 0 amide bonds. The van der Waals surface area contributed by atoms with Gasteiger partial charge in [0.15, 0.2) is 4.93 Å². The summed E-state index contributed by atoms with van der Waals surface area (Å²) in [5.41, 5.74) is 2.15. The van der Waals surface area contributed by atoms with Crippen LogP contribution in [0, 0.1) is 0 Å². The van der Waals surface area contributed by atoms with E-state index in [9.17, 15) is 13.0 Å². The fraction of sp³-hybridized carbons (Fsp3) is 0.750. The standard InChI is InChI=1S/C24H42O4S.Na/c1-5-8-10-12-14-16-21-18-19-22(17-15-13-11-9-6-2)23(20-21)28-24(4,7-3)29(25,26)27;/h18-20H,5-17H2,1-4H3,(H,25,26,27);/q;+1/p-1. The number of hydrogen-bond donors (Lipinski definition) is 0.